The molecule has 0 aliphatic carbocycles. The van der Waals surface area contributed by atoms with Crippen LogP contribution in [0, 0.1) is 5.92 Å². The van der Waals surface area contributed by atoms with Gasteiger partial charge in [-0.2, -0.15) is 0 Å². The van der Waals surface area contributed by atoms with Crippen molar-refractivity contribution >= 4 is 37.8 Å². The molecule has 1 N–H and O–H groups in total. The average molecular weight is 404 g/mol. The molecule has 110 valence electrons. The molecule has 1 fully saturated rings. The Morgan fingerprint density at radius 2 is 2.05 bits per heavy atom. The van der Waals surface area contributed by atoms with Crippen molar-refractivity contribution in [2.24, 2.45) is 5.92 Å². The van der Waals surface area contributed by atoms with Crippen molar-refractivity contribution < 1.29 is 4.79 Å². The number of nitrogens with zero attached hydrogens (tertiary/aromatic N) is 1. The lowest BCUT2D eigenvalue weighted by atomic mass is 9.97. The van der Waals surface area contributed by atoms with Crippen LogP contribution in [0.25, 0.3) is 0 Å². The monoisotopic (exact) mass is 402 g/mol. The summed E-state index contributed by atoms with van der Waals surface area (Å²) in [4.78, 5) is 14.7. The number of halogens is 2. The summed E-state index contributed by atoms with van der Waals surface area (Å²) in [5.74, 6) is 0.601. The summed E-state index contributed by atoms with van der Waals surface area (Å²) in [6.45, 7) is 6.40. The van der Waals surface area contributed by atoms with Gasteiger partial charge in [0, 0.05) is 15.5 Å². The molecule has 1 saturated heterocycles. The minimum Gasteiger partial charge on any atom is -0.352 e. The van der Waals surface area contributed by atoms with Crippen molar-refractivity contribution in [3.05, 3.63) is 32.7 Å². The highest BCUT2D eigenvalue weighted by molar-refractivity contribution is 9.11. The SMILES string of the molecule is CCN1CCC(CNC(=O)c2cc(Br)ccc2Br)CC1. The van der Waals surface area contributed by atoms with Crippen LogP contribution < -0.4 is 5.32 Å². The smallest absolute Gasteiger partial charge is 0.252 e. The van der Waals surface area contributed by atoms with E-state index in [4.69, 9.17) is 0 Å². The fourth-order valence-electron chi connectivity index (χ4n) is 2.51. The largest absolute Gasteiger partial charge is 0.352 e. The summed E-state index contributed by atoms with van der Waals surface area (Å²) in [7, 11) is 0. The van der Waals surface area contributed by atoms with Crippen LogP contribution in [0.3, 0.4) is 0 Å². The van der Waals surface area contributed by atoms with Gasteiger partial charge in [0.2, 0.25) is 0 Å². The first kappa shape index (κ1) is 16.0. The van der Waals surface area contributed by atoms with Crippen LogP contribution in [0.4, 0.5) is 0 Å². The minimum absolute atomic E-state index is 0.00361. The molecule has 1 amide bonds. The summed E-state index contributed by atoms with van der Waals surface area (Å²) in [5.41, 5.74) is 0.686. The minimum atomic E-state index is -0.00361. The molecule has 0 bridgehead atoms. The normalized spacial score (nSPS) is 17.1. The van der Waals surface area contributed by atoms with Crippen LogP contribution in [0.15, 0.2) is 27.1 Å². The molecule has 1 aliphatic heterocycles. The van der Waals surface area contributed by atoms with Crippen molar-refractivity contribution in [3.8, 4) is 0 Å². The zero-order valence-electron chi connectivity index (χ0n) is 11.7. The van der Waals surface area contributed by atoms with Gasteiger partial charge >= 0.3 is 0 Å². The zero-order valence-corrected chi connectivity index (χ0v) is 14.8. The molecule has 20 heavy (non-hydrogen) atoms. The van der Waals surface area contributed by atoms with Gasteiger partial charge in [0.05, 0.1) is 5.56 Å². The van der Waals surface area contributed by atoms with E-state index < -0.39 is 0 Å². The van der Waals surface area contributed by atoms with E-state index >= 15 is 0 Å². The Kier molecular flexibility index (Phi) is 6.05. The number of nitrogens with one attached hydrogen (secondary N) is 1. The molecule has 1 aromatic carbocycles. The second-order valence-electron chi connectivity index (χ2n) is 5.21. The van der Waals surface area contributed by atoms with Crippen molar-refractivity contribution in [2.45, 2.75) is 19.8 Å². The number of carbonyl (C=O) groups is 1. The molecule has 0 aromatic heterocycles. The fourth-order valence-corrected chi connectivity index (χ4v) is 3.30. The van der Waals surface area contributed by atoms with E-state index in [2.05, 4.69) is 49.0 Å². The van der Waals surface area contributed by atoms with E-state index in [-0.39, 0.29) is 5.91 Å². The van der Waals surface area contributed by atoms with Crippen LogP contribution in [0.2, 0.25) is 0 Å². The Bertz CT molecular complexity index is 471. The van der Waals surface area contributed by atoms with E-state index in [1.165, 1.54) is 12.8 Å². The molecule has 2 rings (SSSR count). The summed E-state index contributed by atoms with van der Waals surface area (Å²) in [5, 5.41) is 3.06. The maximum atomic E-state index is 12.2. The van der Waals surface area contributed by atoms with Gasteiger partial charge < -0.3 is 10.2 Å². The third kappa shape index (κ3) is 4.30. The van der Waals surface area contributed by atoms with E-state index in [0.717, 1.165) is 35.1 Å². The van der Waals surface area contributed by atoms with Gasteiger partial charge in [0.25, 0.3) is 5.91 Å². The van der Waals surface area contributed by atoms with Gasteiger partial charge in [-0.3, -0.25) is 4.79 Å². The number of carbonyl (C=O) groups excluding carboxylic acids is 1. The first-order chi connectivity index (χ1) is 9.60. The van der Waals surface area contributed by atoms with Crippen LogP contribution in [-0.4, -0.2) is 37.0 Å². The van der Waals surface area contributed by atoms with Crippen LogP contribution in [0.1, 0.15) is 30.1 Å². The molecule has 3 nitrogen and oxygen atoms in total. The Morgan fingerprint density at radius 1 is 1.35 bits per heavy atom. The number of amides is 1. The Balaban J connectivity index is 1.85. The maximum absolute atomic E-state index is 12.2. The molecule has 0 unspecified atom stereocenters. The molecule has 0 radical (unpaired) electrons. The first-order valence-corrected chi connectivity index (χ1v) is 8.64. The maximum Gasteiger partial charge on any atom is 0.252 e. The van der Waals surface area contributed by atoms with E-state index in [9.17, 15) is 4.79 Å². The number of likely N-dealkylation sites (tertiary alicyclic amines) is 1. The van der Waals surface area contributed by atoms with Gasteiger partial charge in [-0.15, -0.1) is 0 Å². The molecular formula is C15H20Br2N2O. The third-order valence-corrected chi connectivity index (χ3v) is 5.06. The zero-order chi connectivity index (χ0) is 14.5. The molecule has 5 heteroatoms. The summed E-state index contributed by atoms with van der Waals surface area (Å²) >= 11 is 6.83. The molecule has 1 aliphatic rings. The standard InChI is InChI=1S/C15H20Br2N2O/c1-2-19-7-5-11(6-8-19)10-18-15(20)13-9-12(16)3-4-14(13)17/h3-4,9,11H,2,5-8,10H2,1H3,(H,18,20). The van der Waals surface area contributed by atoms with Crippen LogP contribution >= 0.6 is 31.9 Å². The molecule has 1 heterocycles. The average Bonchev–Trinajstić information content (AvgIpc) is 2.47. The van der Waals surface area contributed by atoms with Gasteiger partial charge in [-0.25, -0.2) is 0 Å². The second-order valence-corrected chi connectivity index (χ2v) is 6.98. The van der Waals surface area contributed by atoms with E-state index in [0.29, 0.717) is 11.5 Å². The third-order valence-electron chi connectivity index (χ3n) is 3.88. The lowest BCUT2D eigenvalue weighted by Crippen LogP contribution is -2.38. The number of benzene rings is 1. The second kappa shape index (κ2) is 7.57. The number of hydrogen-bond donors (Lipinski definition) is 1. The van der Waals surface area contributed by atoms with Crippen LogP contribution in [0.5, 0.6) is 0 Å². The number of hydrogen-bond acceptors (Lipinski definition) is 2. The Hall–Kier alpha value is -0.390. The predicted molar refractivity (Wildman–Crippen MR) is 89.0 cm³/mol. The first-order valence-electron chi connectivity index (χ1n) is 7.05. The van der Waals surface area contributed by atoms with Crippen molar-refractivity contribution in [1.29, 1.82) is 0 Å². The van der Waals surface area contributed by atoms with Gasteiger partial charge in [-0.05, 0) is 72.5 Å². The number of rotatable bonds is 4. The number of piperidine rings is 1. The Labute approximate surface area is 137 Å². The van der Waals surface area contributed by atoms with E-state index in [1.54, 1.807) is 0 Å². The van der Waals surface area contributed by atoms with E-state index in [1.807, 2.05) is 18.2 Å². The fraction of sp³-hybridized carbons (Fsp3) is 0.533. The quantitative estimate of drug-likeness (QED) is 0.831. The summed E-state index contributed by atoms with van der Waals surface area (Å²) in [6.07, 6.45) is 2.35. The van der Waals surface area contributed by atoms with Crippen molar-refractivity contribution in [1.82, 2.24) is 10.2 Å². The lowest BCUT2D eigenvalue weighted by Gasteiger charge is -2.31. The van der Waals surface area contributed by atoms with Gasteiger partial charge in [0.15, 0.2) is 0 Å². The molecular weight excluding hydrogens is 384 g/mol. The lowest BCUT2D eigenvalue weighted by molar-refractivity contribution is 0.0936. The van der Waals surface area contributed by atoms with Crippen molar-refractivity contribution in [3.63, 3.8) is 0 Å². The molecule has 1 aromatic rings. The highest BCUT2D eigenvalue weighted by Crippen LogP contribution is 2.22. The topological polar surface area (TPSA) is 32.3 Å². The molecule has 0 saturated carbocycles. The summed E-state index contributed by atoms with van der Waals surface area (Å²) < 4.78 is 1.75. The summed E-state index contributed by atoms with van der Waals surface area (Å²) in [6, 6.07) is 5.65. The van der Waals surface area contributed by atoms with Gasteiger partial charge in [-0.1, -0.05) is 22.9 Å². The Morgan fingerprint density at radius 3 is 2.70 bits per heavy atom. The predicted octanol–water partition coefficient (Wildman–Crippen LogP) is 3.67. The van der Waals surface area contributed by atoms with Crippen molar-refractivity contribution in [2.75, 3.05) is 26.2 Å². The van der Waals surface area contributed by atoms with Gasteiger partial charge in [0.1, 0.15) is 0 Å². The highest BCUT2D eigenvalue weighted by Gasteiger charge is 2.19. The molecule has 0 atom stereocenters. The van der Waals surface area contributed by atoms with Crippen LogP contribution in [-0.2, 0) is 0 Å². The molecule has 0 spiro atoms. The highest BCUT2D eigenvalue weighted by atomic mass is 79.9.